The van der Waals surface area contributed by atoms with E-state index in [2.05, 4.69) is 16.6 Å². The summed E-state index contributed by atoms with van der Waals surface area (Å²) in [5, 5.41) is 9.87. The molecule has 0 fully saturated rings. The van der Waals surface area contributed by atoms with Crippen LogP contribution in [0.15, 0.2) is 41.7 Å². The molecule has 1 aromatic rings. The number of hydrogen-bond acceptors (Lipinski definition) is 4. The number of ether oxygens (including phenoxy) is 2. The maximum Gasteiger partial charge on any atom is 0.353 e. The molecule has 0 aliphatic carbocycles. The van der Waals surface area contributed by atoms with E-state index in [1.54, 1.807) is 44.2 Å². The van der Waals surface area contributed by atoms with Crippen LogP contribution in [0.3, 0.4) is 0 Å². The second kappa shape index (κ2) is 6.16. The number of halogens is 2. The van der Waals surface area contributed by atoms with Gasteiger partial charge in [-0.05, 0) is 26.0 Å². The molecule has 1 aromatic carbocycles. The molecule has 1 N–H and O–H groups in total. The van der Waals surface area contributed by atoms with Crippen LogP contribution < -0.4 is 0 Å². The lowest BCUT2D eigenvalue weighted by Gasteiger charge is -2.24. The van der Waals surface area contributed by atoms with Crippen LogP contribution in [0.25, 0.3) is 0 Å². The summed E-state index contributed by atoms with van der Waals surface area (Å²) in [6.45, 7) is 3.15. The van der Waals surface area contributed by atoms with Gasteiger partial charge in [-0.2, -0.15) is 0 Å². The molecule has 116 valence electrons. The molecule has 0 amide bonds. The molecule has 6 heteroatoms. The summed E-state index contributed by atoms with van der Waals surface area (Å²) in [5.74, 6) is 0.223. The predicted octanol–water partition coefficient (Wildman–Crippen LogP) is 2.23. The van der Waals surface area contributed by atoms with E-state index in [4.69, 9.17) is 4.74 Å². The van der Waals surface area contributed by atoms with Gasteiger partial charge in [0, 0.05) is 5.56 Å². The summed E-state index contributed by atoms with van der Waals surface area (Å²) >= 11 is 0. The minimum Gasteiger partial charge on any atom is -0.487 e. The Bertz CT molecular complexity index is 656. The molecule has 1 heterocycles. The number of alkyl halides is 2. The van der Waals surface area contributed by atoms with Gasteiger partial charge in [0.1, 0.15) is 0 Å². The van der Waals surface area contributed by atoms with Crippen LogP contribution in [0.4, 0.5) is 8.78 Å². The van der Waals surface area contributed by atoms with Crippen LogP contribution in [0.2, 0.25) is 0 Å². The summed E-state index contributed by atoms with van der Waals surface area (Å²) in [6.07, 6.45) is -3.88. The minimum absolute atomic E-state index is 0.402. The van der Waals surface area contributed by atoms with Crippen molar-refractivity contribution in [3.63, 3.8) is 0 Å². The molecule has 0 bridgehead atoms. The van der Waals surface area contributed by atoms with Gasteiger partial charge in [-0.25, -0.2) is 13.6 Å². The number of rotatable bonds is 3. The van der Waals surface area contributed by atoms with Crippen LogP contribution >= 0.6 is 0 Å². The molecule has 1 aliphatic rings. The molecular weight excluding hydrogens is 294 g/mol. The average Bonchev–Trinajstić information content (AvgIpc) is 2.69. The first-order valence-corrected chi connectivity index (χ1v) is 6.57. The van der Waals surface area contributed by atoms with E-state index < -0.39 is 35.6 Å². The first kappa shape index (κ1) is 16.0. The number of hydrogen-bond donors (Lipinski definition) is 1. The molecular formula is C16H14F2O4. The maximum absolute atomic E-state index is 13.0. The van der Waals surface area contributed by atoms with Crippen molar-refractivity contribution < 1.29 is 28.2 Å². The maximum atomic E-state index is 13.0. The highest BCUT2D eigenvalue weighted by Crippen LogP contribution is 2.36. The Morgan fingerprint density at radius 3 is 2.41 bits per heavy atom. The van der Waals surface area contributed by atoms with Crippen molar-refractivity contribution in [2.24, 2.45) is 0 Å². The fourth-order valence-electron chi connectivity index (χ4n) is 1.80. The largest absolute Gasteiger partial charge is 0.487 e. The zero-order valence-electron chi connectivity index (χ0n) is 12.0. The van der Waals surface area contributed by atoms with Gasteiger partial charge in [-0.15, -0.1) is 0 Å². The Balaban J connectivity index is 2.47. The van der Waals surface area contributed by atoms with Gasteiger partial charge in [-0.1, -0.05) is 30.0 Å². The fourth-order valence-corrected chi connectivity index (χ4v) is 1.80. The van der Waals surface area contributed by atoms with E-state index in [9.17, 15) is 18.7 Å². The third-order valence-electron chi connectivity index (χ3n) is 2.76. The summed E-state index contributed by atoms with van der Waals surface area (Å²) in [7, 11) is 0. The monoisotopic (exact) mass is 308 g/mol. The Hall–Kier alpha value is -2.39. The number of carbonyl (C=O) groups is 1. The number of aliphatic hydroxyl groups is 1. The van der Waals surface area contributed by atoms with Crippen LogP contribution in [0, 0.1) is 11.8 Å². The van der Waals surface area contributed by atoms with Crippen molar-refractivity contribution in [3.05, 3.63) is 47.2 Å². The molecule has 0 radical (unpaired) electrons. The van der Waals surface area contributed by atoms with Gasteiger partial charge in [0.25, 0.3) is 0 Å². The molecule has 0 saturated heterocycles. The predicted molar refractivity (Wildman–Crippen MR) is 73.6 cm³/mol. The second-order valence-electron chi connectivity index (χ2n) is 4.87. The van der Waals surface area contributed by atoms with Crippen molar-refractivity contribution >= 4 is 5.97 Å². The zero-order valence-corrected chi connectivity index (χ0v) is 12.0. The molecule has 1 unspecified atom stereocenters. The van der Waals surface area contributed by atoms with Crippen molar-refractivity contribution in [1.29, 1.82) is 0 Å². The normalized spacial score (nSPS) is 21.0. The molecule has 0 spiro atoms. The van der Waals surface area contributed by atoms with Crippen molar-refractivity contribution in [1.82, 2.24) is 0 Å². The Morgan fingerprint density at radius 1 is 1.23 bits per heavy atom. The minimum atomic E-state index is -3.35. The van der Waals surface area contributed by atoms with Crippen LogP contribution in [-0.2, 0) is 14.3 Å². The smallest absolute Gasteiger partial charge is 0.353 e. The third kappa shape index (κ3) is 3.10. The highest BCUT2D eigenvalue weighted by atomic mass is 19.3. The van der Waals surface area contributed by atoms with Gasteiger partial charge in [0.15, 0.2) is 11.3 Å². The Labute approximate surface area is 126 Å². The van der Waals surface area contributed by atoms with E-state index in [1.807, 2.05) is 0 Å². The standard InChI is InChI=1S/C16H14F2O4/c1-10(2)21-13-12(9-8-11-6-4-3-5-7-11)14(19)22-16(13,20)15(17)18/h3-7,10,15,20H,1-2H3. The molecule has 1 atom stereocenters. The molecule has 1 aliphatic heterocycles. The Kier molecular flexibility index (Phi) is 4.48. The fraction of sp³-hybridized carbons (Fsp3) is 0.312. The first-order chi connectivity index (χ1) is 10.3. The highest BCUT2D eigenvalue weighted by molar-refractivity contribution is 5.97. The van der Waals surface area contributed by atoms with Gasteiger partial charge in [0.05, 0.1) is 6.10 Å². The number of carbonyl (C=O) groups excluding carboxylic acids is 1. The lowest BCUT2D eigenvalue weighted by Crippen LogP contribution is -2.41. The van der Waals surface area contributed by atoms with Gasteiger partial charge in [-0.3, -0.25) is 0 Å². The van der Waals surface area contributed by atoms with E-state index in [0.29, 0.717) is 5.56 Å². The number of cyclic esters (lactones) is 1. The SMILES string of the molecule is CC(C)OC1=C(C#Cc2ccccc2)C(=O)OC1(O)C(F)F. The molecule has 0 aromatic heterocycles. The lowest BCUT2D eigenvalue weighted by atomic mass is 10.1. The van der Waals surface area contributed by atoms with E-state index >= 15 is 0 Å². The quantitative estimate of drug-likeness (QED) is 0.687. The van der Waals surface area contributed by atoms with E-state index in [-0.39, 0.29) is 0 Å². The van der Waals surface area contributed by atoms with E-state index in [0.717, 1.165) is 0 Å². The van der Waals surface area contributed by atoms with Crippen molar-refractivity contribution in [3.8, 4) is 11.8 Å². The molecule has 0 saturated carbocycles. The summed E-state index contributed by atoms with van der Waals surface area (Å²) in [4.78, 5) is 11.8. The van der Waals surface area contributed by atoms with Crippen LogP contribution in [0.5, 0.6) is 0 Å². The van der Waals surface area contributed by atoms with Crippen molar-refractivity contribution in [2.45, 2.75) is 32.2 Å². The summed E-state index contributed by atoms with van der Waals surface area (Å²) in [5.41, 5.74) is 0.180. The highest BCUT2D eigenvalue weighted by Gasteiger charge is 2.55. The second-order valence-corrected chi connectivity index (χ2v) is 4.87. The van der Waals surface area contributed by atoms with Crippen LogP contribution in [0.1, 0.15) is 19.4 Å². The molecule has 22 heavy (non-hydrogen) atoms. The van der Waals surface area contributed by atoms with Gasteiger partial charge < -0.3 is 14.6 Å². The zero-order chi connectivity index (χ0) is 16.3. The number of esters is 1. The molecule has 4 nitrogen and oxygen atoms in total. The topological polar surface area (TPSA) is 55.8 Å². The van der Waals surface area contributed by atoms with Crippen LogP contribution in [-0.4, -0.2) is 29.4 Å². The first-order valence-electron chi connectivity index (χ1n) is 6.57. The third-order valence-corrected chi connectivity index (χ3v) is 2.76. The summed E-state index contributed by atoms with van der Waals surface area (Å²) < 4.78 is 35.6. The van der Waals surface area contributed by atoms with Gasteiger partial charge in [0.2, 0.25) is 0 Å². The Morgan fingerprint density at radius 2 is 1.86 bits per heavy atom. The summed E-state index contributed by atoms with van der Waals surface area (Å²) in [6, 6.07) is 8.65. The average molecular weight is 308 g/mol. The van der Waals surface area contributed by atoms with Gasteiger partial charge >= 0.3 is 18.2 Å². The van der Waals surface area contributed by atoms with Crippen molar-refractivity contribution in [2.75, 3.05) is 0 Å². The number of benzene rings is 1. The molecule has 2 rings (SSSR count). The lowest BCUT2D eigenvalue weighted by molar-refractivity contribution is -0.242. The van der Waals surface area contributed by atoms with E-state index in [1.165, 1.54) is 0 Å².